The van der Waals surface area contributed by atoms with Crippen LogP contribution in [0.1, 0.15) is 33.0 Å². The van der Waals surface area contributed by atoms with E-state index in [0.717, 1.165) is 17.9 Å². The fourth-order valence-corrected chi connectivity index (χ4v) is 1.96. The summed E-state index contributed by atoms with van der Waals surface area (Å²) in [6.45, 7) is 6.52. The van der Waals surface area contributed by atoms with Crippen LogP contribution in [-0.4, -0.2) is 14.8 Å². The first kappa shape index (κ1) is 12.0. The van der Waals surface area contributed by atoms with Crippen LogP contribution in [-0.2, 0) is 5.41 Å². The van der Waals surface area contributed by atoms with E-state index in [4.69, 9.17) is 12.2 Å². The molecule has 0 spiro atoms. The summed E-state index contributed by atoms with van der Waals surface area (Å²) >= 11 is 5.32. The first-order valence-electron chi connectivity index (χ1n) is 5.79. The Kier molecular flexibility index (Phi) is 3.15. The van der Waals surface area contributed by atoms with Crippen molar-refractivity contribution in [3.8, 4) is 5.69 Å². The average molecular weight is 247 g/mol. The number of H-pyrrole nitrogens is 1. The van der Waals surface area contributed by atoms with Crippen LogP contribution < -0.4 is 0 Å². The molecule has 2 aromatic rings. The van der Waals surface area contributed by atoms with E-state index < -0.39 is 0 Å². The van der Waals surface area contributed by atoms with Crippen LogP contribution >= 0.6 is 12.2 Å². The van der Waals surface area contributed by atoms with Gasteiger partial charge >= 0.3 is 0 Å². The summed E-state index contributed by atoms with van der Waals surface area (Å²) in [4.78, 5) is 0. The molecule has 0 unspecified atom stereocenters. The molecule has 1 aromatic carbocycles. The van der Waals surface area contributed by atoms with E-state index in [2.05, 4.69) is 31.0 Å². The van der Waals surface area contributed by atoms with Gasteiger partial charge in [0.1, 0.15) is 5.82 Å². The first-order chi connectivity index (χ1) is 8.06. The fourth-order valence-electron chi connectivity index (χ4n) is 1.73. The Labute approximate surface area is 106 Å². The van der Waals surface area contributed by atoms with Crippen LogP contribution in [0.5, 0.6) is 0 Å². The van der Waals surface area contributed by atoms with E-state index in [1.54, 1.807) is 0 Å². The minimum Gasteiger partial charge on any atom is -0.272 e. The molecule has 0 saturated heterocycles. The molecule has 0 amide bonds. The van der Waals surface area contributed by atoms with Gasteiger partial charge in [-0.1, -0.05) is 39.0 Å². The number of nitrogens with one attached hydrogen (secondary N) is 1. The Balaban J connectivity index is 2.63. The lowest BCUT2D eigenvalue weighted by atomic mass is 9.89. The van der Waals surface area contributed by atoms with Gasteiger partial charge in [-0.15, -0.1) is 0 Å². The van der Waals surface area contributed by atoms with E-state index in [-0.39, 0.29) is 5.41 Å². The van der Waals surface area contributed by atoms with Gasteiger partial charge in [0.25, 0.3) is 0 Å². The molecule has 17 heavy (non-hydrogen) atoms. The van der Waals surface area contributed by atoms with E-state index >= 15 is 0 Å². The zero-order valence-corrected chi connectivity index (χ0v) is 11.2. The minimum absolute atomic E-state index is 0.00337. The van der Waals surface area contributed by atoms with Crippen molar-refractivity contribution in [2.45, 2.75) is 32.6 Å². The summed E-state index contributed by atoms with van der Waals surface area (Å²) in [5.74, 6) is 0.983. The smallest absolute Gasteiger partial charge is 0.199 e. The third-order valence-electron chi connectivity index (χ3n) is 3.18. The Morgan fingerprint density at radius 2 is 1.94 bits per heavy atom. The molecule has 0 saturated carbocycles. The SMILES string of the molecule is CCC(C)(C)c1n[nH]c(=S)n1-c1ccccc1. The van der Waals surface area contributed by atoms with Crippen LogP contribution in [0.25, 0.3) is 5.69 Å². The maximum atomic E-state index is 5.32. The zero-order chi connectivity index (χ0) is 12.5. The molecule has 3 nitrogen and oxygen atoms in total. The number of aromatic amines is 1. The number of aromatic nitrogens is 3. The van der Waals surface area contributed by atoms with Gasteiger partial charge in [-0.25, -0.2) is 0 Å². The second kappa shape index (κ2) is 4.45. The quantitative estimate of drug-likeness (QED) is 0.840. The third-order valence-corrected chi connectivity index (χ3v) is 3.45. The molecule has 1 N–H and O–H groups in total. The van der Waals surface area contributed by atoms with Gasteiger partial charge in [-0.05, 0) is 30.8 Å². The molecule has 0 bridgehead atoms. The van der Waals surface area contributed by atoms with Crippen LogP contribution in [0.3, 0.4) is 0 Å². The fraction of sp³-hybridized carbons (Fsp3) is 0.385. The summed E-state index contributed by atoms with van der Waals surface area (Å²) < 4.78 is 2.66. The zero-order valence-electron chi connectivity index (χ0n) is 10.4. The van der Waals surface area contributed by atoms with E-state index in [1.165, 1.54) is 0 Å². The van der Waals surface area contributed by atoms with Crippen molar-refractivity contribution in [1.29, 1.82) is 0 Å². The Hall–Kier alpha value is -1.42. The molecule has 0 aliphatic carbocycles. The number of rotatable bonds is 3. The maximum Gasteiger partial charge on any atom is 0.199 e. The van der Waals surface area contributed by atoms with E-state index in [0.29, 0.717) is 4.77 Å². The monoisotopic (exact) mass is 247 g/mol. The molecule has 0 aliphatic heterocycles. The van der Waals surface area contributed by atoms with Crippen molar-refractivity contribution in [2.75, 3.05) is 0 Å². The number of benzene rings is 1. The molecule has 90 valence electrons. The lowest BCUT2D eigenvalue weighted by molar-refractivity contribution is 0.463. The number of para-hydroxylation sites is 1. The molecular formula is C13H17N3S. The van der Waals surface area contributed by atoms with Gasteiger partial charge in [0, 0.05) is 11.1 Å². The highest BCUT2D eigenvalue weighted by Crippen LogP contribution is 2.26. The van der Waals surface area contributed by atoms with Gasteiger partial charge in [0.05, 0.1) is 0 Å². The minimum atomic E-state index is 0.00337. The first-order valence-corrected chi connectivity index (χ1v) is 6.20. The van der Waals surface area contributed by atoms with Crippen molar-refractivity contribution in [2.24, 2.45) is 0 Å². The highest BCUT2D eigenvalue weighted by molar-refractivity contribution is 7.71. The van der Waals surface area contributed by atoms with Gasteiger partial charge in [-0.3, -0.25) is 9.67 Å². The largest absolute Gasteiger partial charge is 0.272 e. The number of hydrogen-bond acceptors (Lipinski definition) is 2. The van der Waals surface area contributed by atoms with Crippen LogP contribution in [0.2, 0.25) is 0 Å². The van der Waals surface area contributed by atoms with Crippen LogP contribution in [0.4, 0.5) is 0 Å². The lowest BCUT2D eigenvalue weighted by Crippen LogP contribution is -2.21. The predicted molar refractivity (Wildman–Crippen MR) is 72.1 cm³/mol. The number of hydrogen-bond donors (Lipinski definition) is 1. The van der Waals surface area contributed by atoms with Crippen molar-refractivity contribution < 1.29 is 0 Å². The maximum absolute atomic E-state index is 5.32. The van der Waals surface area contributed by atoms with Crippen molar-refractivity contribution in [3.05, 3.63) is 40.9 Å². The molecule has 0 fully saturated rings. The highest BCUT2D eigenvalue weighted by Gasteiger charge is 2.25. The third kappa shape index (κ3) is 2.17. The summed E-state index contributed by atoms with van der Waals surface area (Å²) in [6.07, 6.45) is 1.01. The number of nitrogens with zero attached hydrogens (tertiary/aromatic N) is 2. The van der Waals surface area contributed by atoms with E-state index in [9.17, 15) is 0 Å². The van der Waals surface area contributed by atoms with Crippen molar-refractivity contribution in [1.82, 2.24) is 14.8 Å². The van der Waals surface area contributed by atoms with E-state index in [1.807, 2.05) is 34.9 Å². The molecule has 1 aromatic heterocycles. The molecule has 0 radical (unpaired) electrons. The standard InChI is InChI=1S/C13H17N3S/c1-4-13(2,3)11-14-15-12(17)16(11)10-8-6-5-7-9-10/h5-9H,4H2,1-3H3,(H,15,17). The normalized spacial score (nSPS) is 11.7. The summed E-state index contributed by atoms with van der Waals surface area (Å²) in [7, 11) is 0. The van der Waals surface area contributed by atoms with Crippen LogP contribution in [0, 0.1) is 4.77 Å². The molecule has 1 heterocycles. The van der Waals surface area contributed by atoms with Gasteiger partial charge in [0.2, 0.25) is 0 Å². The molecule has 2 rings (SSSR count). The predicted octanol–water partition coefficient (Wildman–Crippen LogP) is 3.62. The lowest BCUT2D eigenvalue weighted by Gasteiger charge is -2.22. The van der Waals surface area contributed by atoms with Crippen molar-refractivity contribution in [3.63, 3.8) is 0 Å². The molecule has 4 heteroatoms. The molecule has 0 aliphatic rings. The average Bonchev–Trinajstić information content (AvgIpc) is 2.73. The molecular weight excluding hydrogens is 230 g/mol. The summed E-state index contributed by atoms with van der Waals surface area (Å²) in [5, 5.41) is 7.27. The van der Waals surface area contributed by atoms with Gasteiger partial charge < -0.3 is 0 Å². The Morgan fingerprint density at radius 3 is 2.53 bits per heavy atom. The van der Waals surface area contributed by atoms with Crippen molar-refractivity contribution >= 4 is 12.2 Å². The highest BCUT2D eigenvalue weighted by atomic mass is 32.1. The summed E-state index contributed by atoms with van der Waals surface area (Å²) in [5.41, 5.74) is 1.06. The topological polar surface area (TPSA) is 33.6 Å². The van der Waals surface area contributed by atoms with Gasteiger partial charge in [-0.2, -0.15) is 5.10 Å². The van der Waals surface area contributed by atoms with Gasteiger partial charge in [0.15, 0.2) is 4.77 Å². The Morgan fingerprint density at radius 1 is 1.29 bits per heavy atom. The second-order valence-electron chi connectivity index (χ2n) is 4.76. The Bertz CT molecular complexity index is 552. The van der Waals surface area contributed by atoms with Crippen LogP contribution in [0.15, 0.2) is 30.3 Å². The molecule has 0 atom stereocenters. The summed E-state index contributed by atoms with van der Waals surface area (Å²) in [6, 6.07) is 10.1. The second-order valence-corrected chi connectivity index (χ2v) is 5.15.